The van der Waals surface area contributed by atoms with Crippen LogP contribution in [0.1, 0.15) is 23.0 Å². The van der Waals surface area contributed by atoms with Crippen LogP contribution < -0.4 is 10.2 Å². The van der Waals surface area contributed by atoms with E-state index >= 15 is 0 Å². The van der Waals surface area contributed by atoms with E-state index in [1.165, 1.54) is 6.21 Å². The molecule has 0 saturated carbocycles. The van der Waals surface area contributed by atoms with Crippen LogP contribution in [0.15, 0.2) is 44.3 Å². The molecule has 0 spiro atoms. The summed E-state index contributed by atoms with van der Waals surface area (Å²) >= 11 is 9.82. The first-order valence-electron chi connectivity index (χ1n) is 8.78. The summed E-state index contributed by atoms with van der Waals surface area (Å²) in [5.41, 5.74) is 3.89. The van der Waals surface area contributed by atoms with Gasteiger partial charge >= 0.3 is 11.9 Å². The molecule has 0 aliphatic heterocycles. The zero-order valence-electron chi connectivity index (χ0n) is 15.9. The van der Waals surface area contributed by atoms with Crippen LogP contribution >= 0.6 is 83.7 Å². The molecule has 2 aromatic carbocycles. The molecule has 31 heavy (non-hydrogen) atoms. The van der Waals surface area contributed by atoms with E-state index in [1.807, 2.05) is 24.3 Å². The standard InChI is InChI=1S/C20H14BrI3N2O5/c1-2-29-17(27)9-30-19-13(22)3-10(4-14(19)23)8-25-26-20(28)16-6-11-5-12(21)7-15(24)18(11)31-16/h3-8H,2,9H2,1H3,(H,26,28)/b25-8-. The lowest BCUT2D eigenvalue weighted by Gasteiger charge is -2.10. The number of nitrogens with zero attached hydrogens (tertiary/aromatic N) is 1. The number of hydrogen-bond donors (Lipinski definition) is 1. The number of hydrazone groups is 1. The van der Waals surface area contributed by atoms with Gasteiger partial charge in [-0.15, -0.1) is 0 Å². The third kappa shape index (κ3) is 6.54. The fourth-order valence-electron chi connectivity index (χ4n) is 2.53. The molecule has 1 aromatic heterocycles. The molecule has 0 atom stereocenters. The first-order valence-corrected chi connectivity index (χ1v) is 12.8. The summed E-state index contributed by atoms with van der Waals surface area (Å²) in [6, 6.07) is 9.14. The quantitative estimate of drug-likeness (QED) is 0.143. The Labute approximate surface area is 227 Å². The Bertz CT molecular complexity index is 1160. The molecule has 7 nitrogen and oxygen atoms in total. The molecule has 3 rings (SSSR count). The molecule has 11 heteroatoms. The fraction of sp³-hybridized carbons (Fsp3) is 0.150. The molecule has 0 aliphatic carbocycles. The Hall–Kier alpha value is -0.940. The number of esters is 1. The highest BCUT2D eigenvalue weighted by atomic mass is 127. The number of amides is 1. The number of rotatable bonds is 7. The van der Waals surface area contributed by atoms with Gasteiger partial charge in [-0.05, 0) is 111 Å². The van der Waals surface area contributed by atoms with Crippen molar-refractivity contribution in [3.8, 4) is 5.75 Å². The van der Waals surface area contributed by atoms with Crippen molar-refractivity contribution < 1.29 is 23.5 Å². The highest BCUT2D eigenvalue weighted by molar-refractivity contribution is 14.1. The maximum absolute atomic E-state index is 12.4. The van der Waals surface area contributed by atoms with Crippen LogP contribution in [0.5, 0.6) is 5.75 Å². The van der Waals surface area contributed by atoms with E-state index in [9.17, 15) is 9.59 Å². The molecule has 3 aromatic rings. The number of hydrogen-bond acceptors (Lipinski definition) is 6. The second kappa shape index (κ2) is 11.3. The average Bonchev–Trinajstić information content (AvgIpc) is 3.12. The van der Waals surface area contributed by atoms with Crippen molar-refractivity contribution in [1.29, 1.82) is 0 Å². The van der Waals surface area contributed by atoms with Crippen molar-refractivity contribution >= 4 is 113 Å². The van der Waals surface area contributed by atoms with Crippen LogP contribution in [0.2, 0.25) is 0 Å². The van der Waals surface area contributed by atoms with Crippen molar-refractivity contribution in [2.45, 2.75) is 6.92 Å². The average molecular weight is 823 g/mol. The van der Waals surface area contributed by atoms with Crippen molar-refractivity contribution in [1.82, 2.24) is 5.43 Å². The van der Waals surface area contributed by atoms with Crippen molar-refractivity contribution in [3.05, 3.63) is 56.8 Å². The van der Waals surface area contributed by atoms with Gasteiger partial charge < -0.3 is 13.9 Å². The number of carbonyl (C=O) groups is 2. The molecular formula is C20H14BrI3N2O5. The molecule has 1 heterocycles. The maximum atomic E-state index is 12.4. The van der Waals surface area contributed by atoms with E-state index in [0.29, 0.717) is 17.9 Å². The number of benzene rings is 2. The first-order chi connectivity index (χ1) is 14.8. The first kappa shape index (κ1) is 24.7. The molecule has 0 radical (unpaired) electrons. The Morgan fingerprint density at radius 2 is 1.84 bits per heavy atom. The summed E-state index contributed by atoms with van der Waals surface area (Å²) < 4.78 is 19.5. The minimum atomic E-state index is -0.446. The van der Waals surface area contributed by atoms with E-state index < -0.39 is 11.9 Å². The lowest BCUT2D eigenvalue weighted by Crippen LogP contribution is -2.17. The van der Waals surface area contributed by atoms with Crippen molar-refractivity contribution in [3.63, 3.8) is 0 Å². The van der Waals surface area contributed by atoms with E-state index in [2.05, 4.69) is 94.2 Å². The molecular weight excluding hydrogens is 809 g/mol. The van der Waals surface area contributed by atoms with E-state index in [0.717, 1.165) is 26.1 Å². The van der Waals surface area contributed by atoms with Crippen LogP contribution in [-0.4, -0.2) is 31.3 Å². The Morgan fingerprint density at radius 1 is 1.13 bits per heavy atom. The van der Waals surface area contributed by atoms with Gasteiger partial charge in [0.05, 0.1) is 23.5 Å². The van der Waals surface area contributed by atoms with Gasteiger partial charge in [-0.3, -0.25) is 4.79 Å². The summed E-state index contributed by atoms with van der Waals surface area (Å²) in [7, 11) is 0. The summed E-state index contributed by atoms with van der Waals surface area (Å²) in [4.78, 5) is 23.9. The predicted octanol–water partition coefficient (Wildman–Crippen LogP) is 5.71. The second-order valence-corrected chi connectivity index (χ2v) is 10.4. The van der Waals surface area contributed by atoms with Gasteiger partial charge in [-0.1, -0.05) is 15.9 Å². The number of ether oxygens (including phenoxy) is 2. The molecule has 0 fully saturated rings. The van der Waals surface area contributed by atoms with E-state index in [-0.39, 0.29) is 12.4 Å². The van der Waals surface area contributed by atoms with Crippen LogP contribution in [-0.2, 0) is 9.53 Å². The van der Waals surface area contributed by atoms with Gasteiger partial charge in [0.25, 0.3) is 0 Å². The predicted molar refractivity (Wildman–Crippen MR) is 146 cm³/mol. The van der Waals surface area contributed by atoms with Gasteiger partial charge in [-0.25, -0.2) is 10.2 Å². The zero-order valence-corrected chi connectivity index (χ0v) is 23.9. The van der Waals surface area contributed by atoms with Gasteiger partial charge in [0.1, 0.15) is 11.3 Å². The smallest absolute Gasteiger partial charge is 0.344 e. The maximum Gasteiger partial charge on any atom is 0.344 e. The number of nitrogens with one attached hydrogen (secondary N) is 1. The second-order valence-electron chi connectivity index (χ2n) is 6.02. The summed E-state index contributed by atoms with van der Waals surface area (Å²) in [6.45, 7) is 1.89. The largest absolute Gasteiger partial charge is 0.480 e. The lowest BCUT2D eigenvalue weighted by molar-refractivity contribution is -0.145. The minimum absolute atomic E-state index is 0.156. The zero-order chi connectivity index (χ0) is 22.5. The SMILES string of the molecule is CCOC(=O)COc1c(I)cc(/C=N\NC(=O)c2cc3cc(Br)cc(I)c3o2)cc1I. The number of halogens is 4. The van der Waals surface area contributed by atoms with Crippen molar-refractivity contribution in [2.75, 3.05) is 13.2 Å². The Morgan fingerprint density at radius 3 is 2.52 bits per heavy atom. The summed E-state index contributed by atoms with van der Waals surface area (Å²) in [5, 5.41) is 4.85. The van der Waals surface area contributed by atoms with Crippen LogP contribution in [0.4, 0.5) is 0 Å². The molecule has 1 N–H and O–H groups in total. The molecule has 0 unspecified atom stereocenters. The third-order valence-electron chi connectivity index (χ3n) is 3.80. The highest BCUT2D eigenvalue weighted by Gasteiger charge is 2.15. The van der Waals surface area contributed by atoms with E-state index in [4.69, 9.17) is 13.9 Å². The molecule has 0 aliphatic rings. The minimum Gasteiger partial charge on any atom is -0.480 e. The van der Waals surface area contributed by atoms with Crippen LogP contribution in [0.3, 0.4) is 0 Å². The van der Waals surface area contributed by atoms with E-state index in [1.54, 1.807) is 13.0 Å². The number of carbonyl (C=O) groups excluding carboxylic acids is 2. The molecule has 1 amide bonds. The van der Waals surface area contributed by atoms with Crippen LogP contribution in [0, 0.1) is 10.7 Å². The van der Waals surface area contributed by atoms with Crippen molar-refractivity contribution in [2.24, 2.45) is 5.10 Å². The third-order valence-corrected chi connectivity index (χ3v) is 6.66. The van der Waals surface area contributed by atoms with Gasteiger partial charge in [-0.2, -0.15) is 5.10 Å². The van der Waals surface area contributed by atoms with Gasteiger partial charge in [0.2, 0.25) is 0 Å². The molecule has 0 bridgehead atoms. The van der Waals surface area contributed by atoms with Crippen LogP contribution in [0.25, 0.3) is 11.0 Å². The molecule has 0 saturated heterocycles. The summed E-state index contributed by atoms with van der Waals surface area (Å²) in [6.07, 6.45) is 1.53. The topological polar surface area (TPSA) is 90.1 Å². The van der Waals surface area contributed by atoms with Gasteiger partial charge in [0.15, 0.2) is 12.4 Å². The fourth-order valence-corrected chi connectivity index (χ4v) is 6.32. The van der Waals surface area contributed by atoms with Gasteiger partial charge in [0, 0.05) is 9.86 Å². The normalized spacial score (nSPS) is 11.1. The Kier molecular flexibility index (Phi) is 8.98. The molecule has 162 valence electrons. The number of fused-ring (bicyclic) bond motifs is 1. The highest BCUT2D eigenvalue weighted by Crippen LogP contribution is 2.29. The number of furan rings is 1. The monoisotopic (exact) mass is 822 g/mol. The summed E-state index contributed by atoms with van der Waals surface area (Å²) in [5.74, 6) is -0.0956. The Balaban J connectivity index is 1.67. The lowest BCUT2D eigenvalue weighted by atomic mass is 10.2.